The number of nitrogens with two attached hydrogens (primary N) is 1. The SMILES string of the molecule is CC(C)(C)OC(=O)CN(C(=O)[C@@H](N)CCCCNC(=O)OCc1ccccc1)C1Cc2ccccc2C1. The molecule has 0 unspecified atom stereocenters. The molecule has 1 aliphatic carbocycles. The number of fused-ring (bicyclic) bond motifs is 1. The third-order valence-corrected chi connectivity index (χ3v) is 6.21. The summed E-state index contributed by atoms with van der Waals surface area (Å²) >= 11 is 0. The van der Waals surface area contributed by atoms with Crippen LogP contribution in [0, 0.1) is 0 Å². The Kier molecular flexibility index (Phi) is 10.1. The summed E-state index contributed by atoms with van der Waals surface area (Å²) in [4.78, 5) is 39.5. The van der Waals surface area contributed by atoms with Crippen molar-refractivity contribution in [3.05, 3.63) is 71.3 Å². The molecule has 0 saturated carbocycles. The first kappa shape index (κ1) is 28.2. The molecule has 1 atom stereocenters. The van der Waals surface area contributed by atoms with Crippen LogP contribution in [-0.4, -0.2) is 53.6 Å². The number of nitrogens with one attached hydrogen (secondary N) is 1. The van der Waals surface area contributed by atoms with Crippen LogP contribution in [0.15, 0.2) is 54.6 Å². The Balaban J connectivity index is 1.46. The number of ether oxygens (including phenoxy) is 2. The van der Waals surface area contributed by atoms with E-state index in [0.29, 0.717) is 38.6 Å². The molecule has 37 heavy (non-hydrogen) atoms. The smallest absolute Gasteiger partial charge is 0.407 e. The highest BCUT2D eigenvalue weighted by Crippen LogP contribution is 2.26. The average molecular weight is 510 g/mol. The van der Waals surface area contributed by atoms with Gasteiger partial charge in [-0.25, -0.2) is 4.79 Å². The zero-order valence-corrected chi connectivity index (χ0v) is 22.1. The summed E-state index contributed by atoms with van der Waals surface area (Å²) < 4.78 is 10.7. The van der Waals surface area contributed by atoms with Gasteiger partial charge < -0.3 is 25.4 Å². The molecule has 0 radical (unpaired) electrons. The molecule has 0 bridgehead atoms. The first-order chi connectivity index (χ1) is 17.6. The molecule has 2 aromatic carbocycles. The number of benzene rings is 2. The number of esters is 1. The van der Waals surface area contributed by atoms with Crippen molar-refractivity contribution in [1.82, 2.24) is 10.2 Å². The highest BCUT2D eigenvalue weighted by atomic mass is 16.6. The van der Waals surface area contributed by atoms with Crippen LogP contribution in [0.1, 0.15) is 56.7 Å². The van der Waals surface area contributed by atoms with Gasteiger partial charge in [0.15, 0.2) is 0 Å². The molecule has 3 N–H and O–H groups in total. The largest absolute Gasteiger partial charge is 0.459 e. The van der Waals surface area contributed by atoms with Gasteiger partial charge in [0.2, 0.25) is 5.91 Å². The molecular formula is C29H39N3O5. The van der Waals surface area contributed by atoms with Gasteiger partial charge in [0.05, 0.1) is 6.04 Å². The number of amides is 2. The highest BCUT2D eigenvalue weighted by molar-refractivity contribution is 5.86. The number of carbonyl (C=O) groups excluding carboxylic acids is 3. The zero-order chi connectivity index (χ0) is 26.8. The standard InChI is InChI=1S/C29H39N3O5/c1-29(2,3)37-26(33)19-32(24-17-22-13-7-8-14-23(22)18-24)27(34)25(30)15-9-10-16-31-28(35)36-20-21-11-5-4-6-12-21/h4-8,11-14,24-25H,9-10,15-20,30H2,1-3H3,(H,31,35)/t25-/m0/s1. The van der Waals surface area contributed by atoms with Gasteiger partial charge in [0.25, 0.3) is 0 Å². The van der Waals surface area contributed by atoms with Gasteiger partial charge in [-0.3, -0.25) is 9.59 Å². The fraction of sp³-hybridized carbons (Fsp3) is 0.483. The molecule has 8 nitrogen and oxygen atoms in total. The molecule has 0 aliphatic heterocycles. The van der Waals surface area contributed by atoms with Crippen LogP contribution in [0.4, 0.5) is 4.79 Å². The maximum atomic E-state index is 13.4. The number of hydrogen-bond donors (Lipinski definition) is 2. The van der Waals surface area contributed by atoms with Gasteiger partial charge in [-0.2, -0.15) is 0 Å². The Morgan fingerprint density at radius 1 is 1.00 bits per heavy atom. The lowest BCUT2D eigenvalue weighted by Gasteiger charge is -2.31. The topological polar surface area (TPSA) is 111 Å². The highest BCUT2D eigenvalue weighted by Gasteiger charge is 2.34. The molecule has 2 amide bonds. The quantitative estimate of drug-likeness (QED) is 0.353. The van der Waals surface area contributed by atoms with Crippen molar-refractivity contribution in [3.63, 3.8) is 0 Å². The number of hydrogen-bond acceptors (Lipinski definition) is 6. The van der Waals surface area contributed by atoms with Crippen molar-refractivity contribution in [2.24, 2.45) is 5.73 Å². The van der Waals surface area contributed by atoms with Gasteiger partial charge in [0.1, 0.15) is 18.8 Å². The first-order valence-electron chi connectivity index (χ1n) is 12.9. The van der Waals surface area contributed by atoms with E-state index in [1.807, 2.05) is 42.5 Å². The summed E-state index contributed by atoms with van der Waals surface area (Å²) in [5.41, 5.74) is 8.95. The molecule has 3 rings (SSSR count). The van der Waals surface area contributed by atoms with E-state index < -0.39 is 23.7 Å². The monoisotopic (exact) mass is 509 g/mol. The molecule has 0 aromatic heterocycles. The summed E-state index contributed by atoms with van der Waals surface area (Å²) in [5.74, 6) is -0.693. The normalized spacial score (nSPS) is 13.9. The predicted molar refractivity (Wildman–Crippen MR) is 142 cm³/mol. The van der Waals surface area contributed by atoms with E-state index in [1.54, 1.807) is 25.7 Å². The number of nitrogens with zero attached hydrogens (tertiary/aromatic N) is 1. The summed E-state index contributed by atoms with van der Waals surface area (Å²) in [5, 5.41) is 2.72. The van der Waals surface area contributed by atoms with Gasteiger partial charge >= 0.3 is 12.1 Å². The van der Waals surface area contributed by atoms with Crippen LogP contribution in [0.3, 0.4) is 0 Å². The summed E-state index contributed by atoms with van der Waals surface area (Å²) in [6.45, 7) is 5.93. The lowest BCUT2D eigenvalue weighted by molar-refractivity contribution is -0.160. The Hall–Kier alpha value is -3.39. The number of unbranched alkanes of at least 4 members (excludes halogenated alkanes) is 1. The van der Waals surface area contributed by atoms with E-state index in [2.05, 4.69) is 17.4 Å². The van der Waals surface area contributed by atoms with Crippen LogP contribution in [0.5, 0.6) is 0 Å². The lowest BCUT2D eigenvalue weighted by atomic mass is 10.1. The Labute approximate surface area is 219 Å². The predicted octanol–water partition coefficient (Wildman–Crippen LogP) is 3.75. The van der Waals surface area contributed by atoms with Crippen molar-refractivity contribution in [1.29, 1.82) is 0 Å². The maximum absolute atomic E-state index is 13.4. The second-order valence-electron chi connectivity index (χ2n) is 10.5. The number of rotatable bonds is 11. The number of carbonyl (C=O) groups is 3. The van der Waals surface area contributed by atoms with Gasteiger partial charge in [-0.15, -0.1) is 0 Å². The molecule has 8 heteroatoms. The van der Waals surface area contributed by atoms with E-state index in [0.717, 1.165) is 5.56 Å². The molecule has 200 valence electrons. The molecule has 0 saturated heterocycles. The molecule has 2 aromatic rings. The van der Waals surface area contributed by atoms with Crippen LogP contribution in [0.2, 0.25) is 0 Å². The van der Waals surface area contributed by atoms with Crippen molar-refractivity contribution in [2.75, 3.05) is 13.1 Å². The number of alkyl carbamates (subject to hydrolysis) is 1. The third-order valence-electron chi connectivity index (χ3n) is 6.21. The maximum Gasteiger partial charge on any atom is 0.407 e. The minimum absolute atomic E-state index is 0.128. The van der Waals surface area contributed by atoms with Gasteiger partial charge in [0, 0.05) is 12.6 Å². The van der Waals surface area contributed by atoms with Crippen LogP contribution in [-0.2, 0) is 38.5 Å². The molecule has 0 spiro atoms. The van der Waals surface area contributed by atoms with Crippen molar-refractivity contribution >= 4 is 18.0 Å². The van der Waals surface area contributed by atoms with Crippen LogP contribution in [0.25, 0.3) is 0 Å². The van der Waals surface area contributed by atoms with E-state index in [9.17, 15) is 14.4 Å². The summed E-state index contributed by atoms with van der Waals surface area (Å²) in [6.07, 6.45) is 2.65. The van der Waals surface area contributed by atoms with E-state index in [1.165, 1.54) is 11.1 Å². The third kappa shape index (κ3) is 9.21. The Bertz CT molecular complexity index is 1030. The van der Waals surface area contributed by atoms with Gasteiger partial charge in [-0.05, 0) is 69.6 Å². The molecular weight excluding hydrogens is 470 g/mol. The molecule has 0 heterocycles. The molecule has 0 fully saturated rings. The fourth-order valence-electron chi connectivity index (χ4n) is 4.45. The Morgan fingerprint density at radius 2 is 1.62 bits per heavy atom. The van der Waals surface area contributed by atoms with Crippen molar-refractivity contribution in [3.8, 4) is 0 Å². The van der Waals surface area contributed by atoms with Crippen LogP contribution >= 0.6 is 0 Å². The summed E-state index contributed by atoms with van der Waals surface area (Å²) in [6, 6.07) is 16.7. The van der Waals surface area contributed by atoms with Crippen molar-refractivity contribution < 1.29 is 23.9 Å². The van der Waals surface area contributed by atoms with E-state index in [-0.39, 0.29) is 25.1 Å². The van der Waals surface area contributed by atoms with E-state index in [4.69, 9.17) is 15.2 Å². The van der Waals surface area contributed by atoms with Crippen molar-refractivity contribution in [2.45, 2.75) is 77.2 Å². The zero-order valence-electron chi connectivity index (χ0n) is 22.1. The summed E-state index contributed by atoms with van der Waals surface area (Å²) in [7, 11) is 0. The van der Waals surface area contributed by atoms with Gasteiger partial charge in [-0.1, -0.05) is 54.6 Å². The average Bonchev–Trinajstić information content (AvgIpc) is 3.29. The Morgan fingerprint density at radius 3 is 2.24 bits per heavy atom. The molecule has 1 aliphatic rings. The van der Waals surface area contributed by atoms with E-state index >= 15 is 0 Å². The second-order valence-corrected chi connectivity index (χ2v) is 10.5. The second kappa shape index (κ2) is 13.2. The first-order valence-corrected chi connectivity index (χ1v) is 12.9. The minimum atomic E-state index is -0.740. The lowest BCUT2D eigenvalue weighted by Crippen LogP contribution is -2.51. The van der Waals surface area contributed by atoms with Crippen LogP contribution < -0.4 is 11.1 Å². The fourth-order valence-corrected chi connectivity index (χ4v) is 4.45. The minimum Gasteiger partial charge on any atom is -0.459 e.